The van der Waals surface area contributed by atoms with Crippen LogP contribution in [0, 0.1) is 0 Å². The molecule has 1 unspecified atom stereocenters. The predicted molar refractivity (Wildman–Crippen MR) is 133 cm³/mol. The number of carbonyl (C=O) groups excluding carboxylic acids is 2. The Kier molecular flexibility index (Phi) is 9.61. The van der Waals surface area contributed by atoms with E-state index in [0.29, 0.717) is 42.3 Å². The fraction of sp³-hybridized carbons (Fsp3) is 0.348. The summed E-state index contributed by atoms with van der Waals surface area (Å²) in [7, 11) is 1.57. The first-order valence-corrected chi connectivity index (χ1v) is 11.7. The van der Waals surface area contributed by atoms with Crippen LogP contribution in [0.25, 0.3) is 0 Å². The van der Waals surface area contributed by atoms with Gasteiger partial charge in [-0.05, 0) is 61.5 Å². The number of hydrogen-bond acceptors (Lipinski definition) is 6. The van der Waals surface area contributed by atoms with Gasteiger partial charge in [0.2, 0.25) is 0 Å². The SMILES string of the molecule is COCCOc1ccc(Br)cc1C(=O)NC(=S)Nc1cccc(C(=O)NCC2CCCO2)c1. The van der Waals surface area contributed by atoms with Gasteiger partial charge < -0.3 is 24.8 Å². The Balaban J connectivity index is 1.58. The van der Waals surface area contributed by atoms with E-state index in [-0.39, 0.29) is 17.1 Å². The molecular weight excluding hydrogens is 510 g/mol. The Labute approximate surface area is 206 Å². The molecule has 1 aliphatic rings. The fourth-order valence-electron chi connectivity index (χ4n) is 3.23. The highest BCUT2D eigenvalue weighted by Crippen LogP contribution is 2.23. The summed E-state index contributed by atoms with van der Waals surface area (Å²) in [6.45, 7) is 1.92. The average molecular weight is 536 g/mol. The van der Waals surface area contributed by atoms with E-state index in [2.05, 4.69) is 31.9 Å². The van der Waals surface area contributed by atoms with Crippen LogP contribution in [0.15, 0.2) is 46.9 Å². The van der Waals surface area contributed by atoms with Crippen molar-refractivity contribution in [2.45, 2.75) is 18.9 Å². The zero-order valence-corrected chi connectivity index (χ0v) is 20.6. The Morgan fingerprint density at radius 3 is 2.79 bits per heavy atom. The van der Waals surface area contributed by atoms with E-state index in [1.165, 1.54) is 0 Å². The number of rotatable bonds is 9. The largest absolute Gasteiger partial charge is 0.490 e. The second kappa shape index (κ2) is 12.6. The number of anilines is 1. The summed E-state index contributed by atoms with van der Waals surface area (Å²) in [5.41, 5.74) is 1.38. The van der Waals surface area contributed by atoms with E-state index in [0.717, 1.165) is 23.9 Å². The maximum atomic E-state index is 12.8. The summed E-state index contributed by atoms with van der Waals surface area (Å²) in [5.74, 6) is -0.205. The number of thiocarbonyl (C=S) groups is 1. The van der Waals surface area contributed by atoms with Crippen LogP contribution in [-0.4, -0.2) is 56.5 Å². The van der Waals surface area contributed by atoms with E-state index in [1.54, 1.807) is 49.6 Å². The zero-order valence-electron chi connectivity index (χ0n) is 18.2. The van der Waals surface area contributed by atoms with Gasteiger partial charge in [-0.2, -0.15) is 0 Å². The van der Waals surface area contributed by atoms with E-state index in [9.17, 15) is 9.59 Å². The van der Waals surface area contributed by atoms with Crippen LogP contribution in [-0.2, 0) is 9.47 Å². The number of halogens is 1. The van der Waals surface area contributed by atoms with Crippen LogP contribution in [0.3, 0.4) is 0 Å². The van der Waals surface area contributed by atoms with Crippen LogP contribution in [0.4, 0.5) is 5.69 Å². The molecule has 1 heterocycles. The van der Waals surface area contributed by atoms with Crippen molar-refractivity contribution in [1.82, 2.24) is 10.6 Å². The van der Waals surface area contributed by atoms with Crippen molar-refractivity contribution in [3.63, 3.8) is 0 Å². The van der Waals surface area contributed by atoms with Gasteiger partial charge in [-0.25, -0.2) is 0 Å². The molecule has 10 heteroatoms. The molecule has 8 nitrogen and oxygen atoms in total. The maximum absolute atomic E-state index is 12.8. The zero-order chi connectivity index (χ0) is 23.6. The monoisotopic (exact) mass is 535 g/mol. The first-order chi connectivity index (χ1) is 16.0. The standard InChI is InChI=1S/C23H26BrN3O5S/c1-30-10-11-32-20-8-7-16(24)13-19(20)22(29)27-23(33)26-17-5-2-4-15(12-17)21(28)25-14-18-6-3-9-31-18/h2,4-5,7-8,12-13,18H,3,6,9-11,14H2,1H3,(H,25,28)(H2,26,27,29,33). The third-order valence-corrected chi connectivity index (χ3v) is 5.55. The van der Waals surface area contributed by atoms with Gasteiger partial charge in [-0.3, -0.25) is 14.9 Å². The molecule has 3 rings (SSSR count). The van der Waals surface area contributed by atoms with Crippen molar-refractivity contribution in [3.05, 3.63) is 58.1 Å². The third kappa shape index (κ3) is 7.78. The van der Waals surface area contributed by atoms with Gasteiger partial charge in [0.1, 0.15) is 12.4 Å². The van der Waals surface area contributed by atoms with E-state index < -0.39 is 5.91 Å². The van der Waals surface area contributed by atoms with E-state index in [1.807, 2.05) is 0 Å². The van der Waals surface area contributed by atoms with Crippen LogP contribution in [0.5, 0.6) is 5.75 Å². The highest BCUT2D eigenvalue weighted by Gasteiger charge is 2.18. The van der Waals surface area contributed by atoms with Gasteiger partial charge in [0.25, 0.3) is 11.8 Å². The Hall–Kier alpha value is -2.53. The molecule has 0 saturated carbocycles. The van der Waals surface area contributed by atoms with Crippen molar-refractivity contribution in [2.24, 2.45) is 0 Å². The Morgan fingerprint density at radius 2 is 2.03 bits per heavy atom. The van der Waals surface area contributed by atoms with Gasteiger partial charge in [-0.15, -0.1) is 0 Å². The minimum Gasteiger partial charge on any atom is -0.490 e. The number of benzene rings is 2. The molecule has 1 aliphatic heterocycles. The molecule has 33 heavy (non-hydrogen) atoms. The van der Waals surface area contributed by atoms with Crippen LogP contribution in [0.1, 0.15) is 33.6 Å². The molecule has 0 spiro atoms. The molecule has 3 N–H and O–H groups in total. The second-order valence-electron chi connectivity index (χ2n) is 7.32. The molecular formula is C23H26BrN3O5S. The highest BCUT2D eigenvalue weighted by molar-refractivity contribution is 9.10. The summed E-state index contributed by atoms with van der Waals surface area (Å²) < 4.78 is 16.9. The smallest absolute Gasteiger partial charge is 0.261 e. The van der Waals surface area contributed by atoms with E-state index in [4.69, 9.17) is 26.4 Å². The van der Waals surface area contributed by atoms with Crippen molar-refractivity contribution < 1.29 is 23.8 Å². The first kappa shape index (κ1) is 25.1. The summed E-state index contributed by atoms with van der Waals surface area (Å²) in [4.78, 5) is 25.2. The quantitative estimate of drug-likeness (QED) is 0.334. The average Bonchev–Trinajstić information content (AvgIpc) is 3.32. The molecule has 1 fully saturated rings. The number of hydrogen-bond donors (Lipinski definition) is 3. The molecule has 2 aromatic carbocycles. The van der Waals surface area contributed by atoms with Gasteiger partial charge in [0.05, 0.1) is 18.3 Å². The second-order valence-corrected chi connectivity index (χ2v) is 8.64. The normalized spacial score (nSPS) is 15.0. The maximum Gasteiger partial charge on any atom is 0.261 e. The molecule has 2 aromatic rings. The summed E-state index contributed by atoms with van der Waals surface area (Å²) in [6.07, 6.45) is 2.04. The number of nitrogens with one attached hydrogen (secondary N) is 3. The minimum atomic E-state index is -0.424. The number of ether oxygens (including phenoxy) is 3. The molecule has 0 aliphatic carbocycles. The first-order valence-electron chi connectivity index (χ1n) is 10.5. The van der Waals surface area contributed by atoms with Gasteiger partial charge in [0, 0.05) is 36.0 Å². The molecule has 176 valence electrons. The lowest BCUT2D eigenvalue weighted by Crippen LogP contribution is -2.34. The summed E-state index contributed by atoms with van der Waals surface area (Å²) in [6, 6.07) is 12.0. The van der Waals surface area contributed by atoms with Gasteiger partial charge in [-0.1, -0.05) is 22.0 Å². The number of amides is 2. The van der Waals surface area contributed by atoms with Crippen LogP contribution >= 0.6 is 28.1 Å². The number of carbonyl (C=O) groups is 2. The third-order valence-electron chi connectivity index (χ3n) is 4.86. The fourth-order valence-corrected chi connectivity index (χ4v) is 3.80. The molecule has 1 saturated heterocycles. The molecule has 0 bridgehead atoms. The van der Waals surface area contributed by atoms with Crippen LogP contribution in [0.2, 0.25) is 0 Å². The van der Waals surface area contributed by atoms with Gasteiger partial charge >= 0.3 is 0 Å². The lowest BCUT2D eigenvalue weighted by molar-refractivity contribution is 0.0857. The van der Waals surface area contributed by atoms with Crippen molar-refractivity contribution in [2.75, 3.05) is 38.8 Å². The number of methoxy groups -OCH3 is 1. The Bertz CT molecular complexity index is 998. The molecule has 0 radical (unpaired) electrons. The van der Waals surface area contributed by atoms with E-state index >= 15 is 0 Å². The van der Waals surface area contributed by atoms with Crippen molar-refractivity contribution in [3.8, 4) is 5.75 Å². The summed E-state index contributed by atoms with van der Waals surface area (Å²) in [5, 5.41) is 8.57. The highest BCUT2D eigenvalue weighted by atomic mass is 79.9. The minimum absolute atomic E-state index is 0.0689. The van der Waals surface area contributed by atoms with Crippen molar-refractivity contribution >= 4 is 50.8 Å². The van der Waals surface area contributed by atoms with Gasteiger partial charge in [0.15, 0.2) is 5.11 Å². The van der Waals surface area contributed by atoms with Crippen molar-refractivity contribution in [1.29, 1.82) is 0 Å². The molecule has 1 atom stereocenters. The lowest BCUT2D eigenvalue weighted by atomic mass is 10.1. The Morgan fingerprint density at radius 1 is 1.18 bits per heavy atom. The predicted octanol–water partition coefficient (Wildman–Crippen LogP) is 3.51. The lowest BCUT2D eigenvalue weighted by Gasteiger charge is -2.14. The molecule has 0 aromatic heterocycles. The van der Waals surface area contributed by atoms with Crippen LogP contribution < -0.4 is 20.7 Å². The summed E-state index contributed by atoms with van der Waals surface area (Å²) >= 11 is 8.66. The topological polar surface area (TPSA) is 97.9 Å². The molecule has 2 amide bonds.